The molecule has 2 N–H and O–H groups in total. The Morgan fingerprint density at radius 2 is 1.95 bits per heavy atom. The first-order valence-corrected chi connectivity index (χ1v) is 6.49. The lowest BCUT2D eigenvalue weighted by Crippen LogP contribution is -2.20. The van der Waals surface area contributed by atoms with Crippen LogP contribution >= 0.6 is 0 Å². The van der Waals surface area contributed by atoms with E-state index in [1.165, 1.54) is 13.2 Å². The Labute approximate surface area is 121 Å². The summed E-state index contributed by atoms with van der Waals surface area (Å²) in [4.78, 5) is 12.2. The first-order chi connectivity index (χ1) is 10.1. The van der Waals surface area contributed by atoms with Crippen molar-refractivity contribution >= 4 is 5.78 Å². The monoisotopic (exact) mass is 286 g/mol. The molecule has 1 aliphatic rings. The van der Waals surface area contributed by atoms with Gasteiger partial charge < -0.3 is 19.7 Å². The van der Waals surface area contributed by atoms with Gasteiger partial charge in [0.1, 0.15) is 34.7 Å². The highest BCUT2D eigenvalue weighted by atomic mass is 16.5. The van der Waals surface area contributed by atoms with E-state index in [1.54, 1.807) is 30.3 Å². The summed E-state index contributed by atoms with van der Waals surface area (Å²) < 4.78 is 10.8. The minimum atomic E-state index is -0.585. The van der Waals surface area contributed by atoms with Crippen LogP contribution in [0.25, 0.3) is 0 Å². The largest absolute Gasteiger partial charge is 0.508 e. The number of phenolic OH excluding ortho intramolecular Hbond substituents is 2. The van der Waals surface area contributed by atoms with Crippen LogP contribution in [0, 0.1) is 0 Å². The van der Waals surface area contributed by atoms with Gasteiger partial charge in [-0.25, -0.2) is 0 Å². The number of Topliss-reactive ketones (excluding diaryl/α,β-unsaturated/α-hetero) is 1. The molecule has 2 aromatic carbocycles. The predicted molar refractivity (Wildman–Crippen MR) is 75.1 cm³/mol. The molecule has 21 heavy (non-hydrogen) atoms. The maximum absolute atomic E-state index is 12.2. The van der Waals surface area contributed by atoms with Gasteiger partial charge in [-0.3, -0.25) is 4.79 Å². The predicted octanol–water partition coefficient (Wildman–Crippen LogP) is 2.81. The molecule has 5 heteroatoms. The van der Waals surface area contributed by atoms with E-state index in [1.807, 2.05) is 0 Å². The quantitative estimate of drug-likeness (QED) is 0.887. The number of para-hydroxylation sites is 1. The lowest BCUT2D eigenvalue weighted by Gasteiger charge is -2.26. The number of phenols is 2. The molecule has 0 unspecified atom stereocenters. The van der Waals surface area contributed by atoms with E-state index in [0.29, 0.717) is 11.3 Å². The van der Waals surface area contributed by atoms with Crippen molar-refractivity contribution < 1.29 is 24.5 Å². The number of methoxy groups -OCH3 is 1. The van der Waals surface area contributed by atoms with Crippen molar-refractivity contribution in [2.75, 3.05) is 7.11 Å². The highest BCUT2D eigenvalue weighted by molar-refractivity contribution is 6.02. The number of ketones is 1. The third kappa shape index (κ3) is 2.27. The zero-order valence-electron chi connectivity index (χ0n) is 11.4. The van der Waals surface area contributed by atoms with Gasteiger partial charge in [0, 0.05) is 17.7 Å². The summed E-state index contributed by atoms with van der Waals surface area (Å²) in [6.07, 6.45) is -0.525. The molecule has 0 aromatic heterocycles. The minimum Gasteiger partial charge on any atom is -0.508 e. The van der Waals surface area contributed by atoms with Gasteiger partial charge in [-0.2, -0.15) is 0 Å². The van der Waals surface area contributed by atoms with Gasteiger partial charge in [0.25, 0.3) is 0 Å². The van der Waals surface area contributed by atoms with Gasteiger partial charge in [0.2, 0.25) is 0 Å². The Bertz CT molecular complexity index is 708. The van der Waals surface area contributed by atoms with E-state index < -0.39 is 6.10 Å². The van der Waals surface area contributed by atoms with E-state index >= 15 is 0 Å². The Morgan fingerprint density at radius 3 is 2.67 bits per heavy atom. The molecule has 2 aromatic rings. The second kappa shape index (κ2) is 5.01. The van der Waals surface area contributed by atoms with E-state index in [9.17, 15) is 15.0 Å². The summed E-state index contributed by atoms with van der Waals surface area (Å²) in [5, 5.41) is 19.8. The maximum atomic E-state index is 12.2. The van der Waals surface area contributed by atoms with Crippen LogP contribution in [0.2, 0.25) is 0 Å². The number of benzene rings is 2. The SMILES string of the molecule is COc1cc(O)c2c(c1)O[C@H](c1ccccc1O)CC2=O. The first-order valence-electron chi connectivity index (χ1n) is 6.49. The average molecular weight is 286 g/mol. The molecule has 1 aliphatic heterocycles. The van der Waals surface area contributed by atoms with Crippen molar-refractivity contribution in [1.82, 2.24) is 0 Å². The third-order valence-corrected chi connectivity index (χ3v) is 3.49. The Hall–Kier alpha value is -2.69. The van der Waals surface area contributed by atoms with Crippen LogP contribution in [0.1, 0.15) is 28.4 Å². The summed E-state index contributed by atoms with van der Waals surface area (Å²) >= 11 is 0. The topological polar surface area (TPSA) is 76.0 Å². The molecule has 0 amide bonds. The molecule has 0 bridgehead atoms. The van der Waals surface area contributed by atoms with Crippen molar-refractivity contribution in [2.24, 2.45) is 0 Å². The normalized spacial score (nSPS) is 17.0. The molecule has 108 valence electrons. The zero-order chi connectivity index (χ0) is 15.0. The summed E-state index contributed by atoms with van der Waals surface area (Å²) in [6.45, 7) is 0. The van der Waals surface area contributed by atoms with Crippen LogP contribution < -0.4 is 9.47 Å². The molecular formula is C16H14O5. The summed E-state index contributed by atoms with van der Waals surface area (Å²) in [5.74, 6) is 0.342. The number of carbonyl (C=O) groups excluding carboxylic acids is 1. The van der Waals surface area contributed by atoms with Crippen molar-refractivity contribution in [3.05, 3.63) is 47.5 Å². The van der Waals surface area contributed by atoms with Crippen LogP contribution in [0.4, 0.5) is 0 Å². The van der Waals surface area contributed by atoms with Crippen molar-refractivity contribution in [3.63, 3.8) is 0 Å². The van der Waals surface area contributed by atoms with Gasteiger partial charge in [-0.05, 0) is 6.07 Å². The lowest BCUT2D eigenvalue weighted by molar-refractivity contribution is 0.0842. The smallest absolute Gasteiger partial charge is 0.174 e. The van der Waals surface area contributed by atoms with Gasteiger partial charge in [-0.1, -0.05) is 18.2 Å². The molecule has 0 aliphatic carbocycles. The number of fused-ring (bicyclic) bond motifs is 1. The van der Waals surface area contributed by atoms with E-state index in [-0.39, 0.29) is 35.0 Å². The number of hydrogen-bond donors (Lipinski definition) is 2. The van der Waals surface area contributed by atoms with Gasteiger partial charge >= 0.3 is 0 Å². The highest BCUT2D eigenvalue weighted by Gasteiger charge is 2.31. The first kappa shape index (κ1) is 13.3. The Morgan fingerprint density at radius 1 is 1.19 bits per heavy atom. The minimum absolute atomic E-state index is 0.0600. The molecular weight excluding hydrogens is 272 g/mol. The van der Waals surface area contributed by atoms with Crippen molar-refractivity contribution in [3.8, 4) is 23.0 Å². The van der Waals surface area contributed by atoms with E-state index in [2.05, 4.69) is 0 Å². The molecule has 0 spiro atoms. The second-order valence-corrected chi connectivity index (χ2v) is 4.81. The zero-order valence-corrected chi connectivity index (χ0v) is 11.4. The van der Waals surface area contributed by atoms with Crippen LogP contribution in [0.3, 0.4) is 0 Å². The van der Waals surface area contributed by atoms with E-state index in [4.69, 9.17) is 9.47 Å². The number of carbonyl (C=O) groups is 1. The average Bonchev–Trinajstić information content (AvgIpc) is 2.46. The van der Waals surface area contributed by atoms with E-state index in [0.717, 1.165) is 0 Å². The molecule has 0 fully saturated rings. The number of hydrogen-bond acceptors (Lipinski definition) is 5. The van der Waals surface area contributed by atoms with Crippen LogP contribution in [-0.4, -0.2) is 23.1 Å². The summed E-state index contributed by atoms with van der Waals surface area (Å²) in [5.41, 5.74) is 0.696. The Balaban J connectivity index is 2.04. The maximum Gasteiger partial charge on any atom is 0.174 e. The lowest BCUT2D eigenvalue weighted by atomic mass is 9.95. The standard InChI is InChI=1S/C16H14O5/c1-20-9-6-12(18)16-13(19)8-14(21-15(16)7-9)10-4-2-3-5-11(10)17/h2-7,14,17-18H,8H2,1H3/t14-/m0/s1. The third-order valence-electron chi connectivity index (χ3n) is 3.49. The van der Waals surface area contributed by atoms with Crippen molar-refractivity contribution in [1.29, 1.82) is 0 Å². The molecule has 1 atom stereocenters. The molecule has 0 saturated heterocycles. The van der Waals surface area contributed by atoms with Gasteiger partial charge in [0.15, 0.2) is 5.78 Å². The molecule has 1 heterocycles. The fourth-order valence-corrected chi connectivity index (χ4v) is 2.47. The second-order valence-electron chi connectivity index (χ2n) is 4.81. The fraction of sp³-hybridized carbons (Fsp3) is 0.188. The van der Waals surface area contributed by atoms with Crippen LogP contribution in [-0.2, 0) is 0 Å². The van der Waals surface area contributed by atoms with Gasteiger partial charge in [-0.15, -0.1) is 0 Å². The van der Waals surface area contributed by atoms with Crippen LogP contribution in [0.5, 0.6) is 23.0 Å². The number of ether oxygens (including phenoxy) is 2. The Kier molecular flexibility index (Phi) is 3.17. The van der Waals surface area contributed by atoms with Gasteiger partial charge in [0.05, 0.1) is 13.5 Å². The summed E-state index contributed by atoms with van der Waals surface area (Å²) in [7, 11) is 1.46. The van der Waals surface area contributed by atoms with Crippen molar-refractivity contribution in [2.45, 2.75) is 12.5 Å². The molecule has 0 radical (unpaired) electrons. The number of rotatable bonds is 2. The molecule has 3 rings (SSSR count). The summed E-state index contributed by atoms with van der Waals surface area (Å²) in [6, 6.07) is 9.65. The highest BCUT2D eigenvalue weighted by Crippen LogP contribution is 2.43. The fourth-order valence-electron chi connectivity index (χ4n) is 2.47. The number of aromatic hydroxyl groups is 2. The molecule has 5 nitrogen and oxygen atoms in total. The van der Waals surface area contributed by atoms with Crippen LogP contribution in [0.15, 0.2) is 36.4 Å². The molecule has 0 saturated carbocycles.